The second kappa shape index (κ2) is 6.99. The number of rotatable bonds is 3. The molecule has 1 amide bonds. The first-order valence-corrected chi connectivity index (χ1v) is 8.48. The second-order valence-electron chi connectivity index (χ2n) is 6.70. The molecule has 5 heteroatoms. The molecule has 1 aliphatic heterocycles. The summed E-state index contributed by atoms with van der Waals surface area (Å²) in [7, 11) is 0. The number of amides is 1. The van der Waals surface area contributed by atoms with E-state index in [1.165, 1.54) is 19.2 Å². The Morgan fingerprint density at radius 2 is 1.92 bits per heavy atom. The summed E-state index contributed by atoms with van der Waals surface area (Å²) in [5.74, 6) is 2.06. The van der Waals surface area contributed by atoms with E-state index in [0.717, 1.165) is 36.0 Å². The van der Waals surface area contributed by atoms with Gasteiger partial charge in [0.05, 0.1) is 0 Å². The maximum atomic E-state index is 12.5. The molecule has 0 bridgehead atoms. The summed E-state index contributed by atoms with van der Waals surface area (Å²) < 4.78 is 0. The Hall–Kier alpha value is -2.43. The van der Waals surface area contributed by atoms with Crippen molar-refractivity contribution < 1.29 is 4.79 Å². The molecule has 5 nitrogen and oxygen atoms in total. The van der Waals surface area contributed by atoms with Crippen molar-refractivity contribution in [1.82, 2.24) is 9.97 Å². The van der Waals surface area contributed by atoms with Crippen LogP contribution in [0.5, 0.6) is 0 Å². The first-order chi connectivity index (χ1) is 11.5. The van der Waals surface area contributed by atoms with Gasteiger partial charge in [-0.3, -0.25) is 4.79 Å². The Balaban J connectivity index is 1.73. The van der Waals surface area contributed by atoms with Gasteiger partial charge in [0, 0.05) is 24.7 Å². The molecule has 1 N–H and O–H groups in total. The molecule has 3 rings (SSSR count). The van der Waals surface area contributed by atoms with E-state index in [9.17, 15) is 4.79 Å². The summed E-state index contributed by atoms with van der Waals surface area (Å²) in [6.45, 7) is 8.26. The highest BCUT2D eigenvalue weighted by Gasteiger charge is 2.18. The summed E-state index contributed by atoms with van der Waals surface area (Å²) in [4.78, 5) is 23.3. The van der Waals surface area contributed by atoms with Crippen LogP contribution in [0, 0.1) is 19.8 Å². The predicted octanol–water partition coefficient (Wildman–Crippen LogP) is 3.58. The van der Waals surface area contributed by atoms with E-state index in [2.05, 4.69) is 27.1 Å². The fourth-order valence-corrected chi connectivity index (χ4v) is 3.08. The van der Waals surface area contributed by atoms with Gasteiger partial charge >= 0.3 is 0 Å². The van der Waals surface area contributed by atoms with Crippen molar-refractivity contribution in [3.63, 3.8) is 0 Å². The van der Waals surface area contributed by atoms with Gasteiger partial charge in [-0.15, -0.1) is 0 Å². The SMILES string of the molecule is Cc1ccc(C(=O)Nc2cc(N3CCC(C)CC3)ncn2)c(C)c1. The van der Waals surface area contributed by atoms with Crippen LogP contribution < -0.4 is 10.2 Å². The van der Waals surface area contributed by atoms with Gasteiger partial charge in [0.15, 0.2) is 0 Å². The van der Waals surface area contributed by atoms with Gasteiger partial charge in [-0.2, -0.15) is 0 Å². The number of anilines is 2. The first-order valence-electron chi connectivity index (χ1n) is 8.48. The highest BCUT2D eigenvalue weighted by molar-refractivity contribution is 6.04. The normalized spacial score (nSPS) is 15.4. The minimum absolute atomic E-state index is 0.135. The molecule has 1 aliphatic rings. The number of hydrogen-bond donors (Lipinski definition) is 1. The zero-order chi connectivity index (χ0) is 17.1. The summed E-state index contributed by atoms with van der Waals surface area (Å²) in [5, 5.41) is 2.89. The fraction of sp³-hybridized carbons (Fsp3) is 0.421. The predicted molar refractivity (Wildman–Crippen MR) is 96.5 cm³/mol. The molecular formula is C19H24N4O. The second-order valence-corrected chi connectivity index (χ2v) is 6.70. The Bertz CT molecular complexity index is 736. The number of aromatic nitrogens is 2. The van der Waals surface area contributed by atoms with Crippen molar-refractivity contribution in [2.24, 2.45) is 5.92 Å². The van der Waals surface area contributed by atoms with Crippen LogP contribution in [0.3, 0.4) is 0 Å². The van der Waals surface area contributed by atoms with Crippen LogP contribution in [0.4, 0.5) is 11.6 Å². The number of nitrogens with zero attached hydrogens (tertiary/aromatic N) is 3. The Morgan fingerprint density at radius 1 is 1.17 bits per heavy atom. The van der Waals surface area contributed by atoms with Crippen LogP contribution in [0.25, 0.3) is 0 Å². The number of hydrogen-bond acceptors (Lipinski definition) is 4. The van der Waals surface area contributed by atoms with E-state index in [1.807, 2.05) is 38.1 Å². The Kier molecular flexibility index (Phi) is 4.79. The van der Waals surface area contributed by atoms with Crippen molar-refractivity contribution in [3.05, 3.63) is 47.3 Å². The molecule has 24 heavy (non-hydrogen) atoms. The number of piperidine rings is 1. The third kappa shape index (κ3) is 3.72. The molecule has 0 radical (unpaired) electrons. The van der Waals surface area contributed by atoms with Crippen LogP contribution in [-0.2, 0) is 0 Å². The lowest BCUT2D eigenvalue weighted by Crippen LogP contribution is -2.33. The molecule has 1 aromatic carbocycles. The van der Waals surface area contributed by atoms with E-state index >= 15 is 0 Å². The Morgan fingerprint density at radius 3 is 2.62 bits per heavy atom. The summed E-state index contributed by atoms with van der Waals surface area (Å²) in [6, 6.07) is 7.67. The monoisotopic (exact) mass is 324 g/mol. The first kappa shape index (κ1) is 16.4. The van der Waals surface area contributed by atoms with Crippen molar-refractivity contribution in [1.29, 1.82) is 0 Å². The average molecular weight is 324 g/mol. The number of nitrogens with one attached hydrogen (secondary N) is 1. The minimum atomic E-state index is -0.135. The van der Waals surface area contributed by atoms with Gasteiger partial charge in [0.25, 0.3) is 5.91 Å². The maximum absolute atomic E-state index is 12.5. The minimum Gasteiger partial charge on any atom is -0.356 e. The van der Waals surface area contributed by atoms with E-state index in [1.54, 1.807) is 0 Å². The highest BCUT2D eigenvalue weighted by Crippen LogP contribution is 2.22. The van der Waals surface area contributed by atoms with E-state index in [4.69, 9.17) is 0 Å². The van der Waals surface area contributed by atoms with Crippen LogP contribution in [0.1, 0.15) is 41.3 Å². The van der Waals surface area contributed by atoms with Crippen molar-refractivity contribution in [3.8, 4) is 0 Å². The van der Waals surface area contributed by atoms with Crippen molar-refractivity contribution in [2.75, 3.05) is 23.3 Å². The largest absolute Gasteiger partial charge is 0.356 e. The molecule has 0 spiro atoms. The molecule has 1 fully saturated rings. The molecule has 0 aliphatic carbocycles. The van der Waals surface area contributed by atoms with Gasteiger partial charge in [-0.25, -0.2) is 9.97 Å². The third-order valence-corrected chi connectivity index (χ3v) is 4.63. The lowest BCUT2D eigenvalue weighted by molar-refractivity contribution is 0.102. The molecule has 0 unspecified atom stereocenters. The molecule has 2 aromatic rings. The van der Waals surface area contributed by atoms with Crippen LogP contribution >= 0.6 is 0 Å². The molecule has 126 valence electrons. The van der Waals surface area contributed by atoms with Gasteiger partial charge < -0.3 is 10.2 Å². The quantitative estimate of drug-likeness (QED) is 0.937. The lowest BCUT2D eigenvalue weighted by Gasteiger charge is -2.31. The molecule has 0 saturated carbocycles. The zero-order valence-corrected chi connectivity index (χ0v) is 14.5. The topological polar surface area (TPSA) is 58.1 Å². The molecule has 2 heterocycles. The van der Waals surface area contributed by atoms with Gasteiger partial charge in [-0.1, -0.05) is 24.6 Å². The van der Waals surface area contributed by atoms with Crippen molar-refractivity contribution >= 4 is 17.5 Å². The number of aryl methyl sites for hydroxylation is 2. The molecular weight excluding hydrogens is 300 g/mol. The van der Waals surface area contributed by atoms with Crippen LogP contribution in [-0.4, -0.2) is 29.0 Å². The number of carbonyl (C=O) groups excluding carboxylic acids is 1. The summed E-state index contributed by atoms with van der Waals surface area (Å²) in [6.07, 6.45) is 3.87. The maximum Gasteiger partial charge on any atom is 0.257 e. The zero-order valence-electron chi connectivity index (χ0n) is 14.5. The lowest BCUT2D eigenvalue weighted by atomic mass is 9.99. The smallest absolute Gasteiger partial charge is 0.257 e. The van der Waals surface area contributed by atoms with E-state index in [0.29, 0.717) is 11.4 Å². The molecule has 1 saturated heterocycles. The standard InChI is InChI=1S/C19H24N4O/c1-13-6-8-23(9-7-13)18-11-17(20-12-21-18)22-19(24)16-5-4-14(2)10-15(16)3/h4-5,10-13H,6-9H2,1-3H3,(H,20,21,22,24). The van der Waals surface area contributed by atoms with Crippen molar-refractivity contribution in [2.45, 2.75) is 33.6 Å². The third-order valence-electron chi connectivity index (χ3n) is 4.63. The van der Waals surface area contributed by atoms with Crippen LogP contribution in [0.2, 0.25) is 0 Å². The number of carbonyl (C=O) groups is 1. The summed E-state index contributed by atoms with van der Waals surface area (Å²) >= 11 is 0. The molecule has 1 aromatic heterocycles. The van der Waals surface area contributed by atoms with Gasteiger partial charge in [0.2, 0.25) is 0 Å². The fourth-order valence-electron chi connectivity index (χ4n) is 3.08. The number of benzene rings is 1. The van der Waals surface area contributed by atoms with E-state index in [-0.39, 0.29) is 5.91 Å². The Labute approximate surface area is 143 Å². The van der Waals surface area contributed by atoms with Gasteiger partial charge in [0.1, 0.15) is 18.0 Å². The van der Waals surface area contributed by atoms with Gasteiger partial charge in [-0.05, 0) is 44.2 Å². The van der Waals surface area contributed by atoms with Crippen LogP contribution in [0.15, 0.2) is 30.6 Å². The average Bonchev–Trinajstić information content (AvgIpc) is 2.55. The molecule has 0 atom stereocenters. The summed E-state index contributed by atoms with van der Waals surface area (Å²) in [5.41, 5.74) is 2.78. The highest BCUT2D eigenvalue weighted by atomic mass is 16.1. The van der Waals surface area contributed by atoms with E-state index < -0.39 is 0 Å².